The molecule has 2 rings (SSSR count). The van der Waals surface area contributed by atoms with Crippen molar-refractivity contribution in [3.8, 4) is 12.1 Å². The average Bonchev–Trinajstić information content (AvgIpc) is 2.42. The molecule has 0 aliphatic carbocycles. The minimum Gasteiger partial charge on any atom is -0.339 e. The van der Waals surface area contributed by atoms with Gasteiger partial charge in [0.2, 0.25) is 5.28 Å². The van der Waals surface area contributed by atoms with Gasteiger partial charge < -0.3 is 5.32 Å². The van der Waals surface area contributed by atoms with Crippen molar-refractivity contribution >= 4 is 34.7 Å². The minimum absolute atomic E-state index is 0.0565. The summed E-state index contributed by atoms with van der Waals surface area (Å²) in [5.74, 6) is 0.329. The summed E-state index contributed by atoms with van der Waals surface area (Å²) in [7, 11) is 0. The van der Waals surface area contributed by atoms with Crippen molar-refractivity contribution in [2.45, 2.75) is 0 Å². The van der Waals surface area contributed by atoms with Gasteiger partial charge in [0.05, 0.1) is 17.3 Å². The molecule has 0 bridgehead atoms. The predicted octanol–water partition coefficient (Wildman–Crippen LogP) is 3.27. The number of nitrogens with one attached hydrogen (secondary N) is 1. The fourth-order valence-corrected chi connectivity index (χ4v) is 1.65. The largest absolute Gasteiger partial charge is 0.339 e. The molecule has 7 heteroatoms. The number of anilines is 2. The van der Waals surface area contributed by atoms with Crippen LogP contribution in [0, 0.1) is 22.7 Å². The zero-order valence-corrected chi connectivity index (χ0v) is 10.9. The number of aromatic nitrogens is 2. The summed E-state index contributed by atoms with van der Waals surface area (Å²) in [6.45, 7) is 0. The summed E-state index contributed by atoms with van der Waals surface area (Å²) in [5, 5.41) is 21.0. The highest BCUT2D eigenvalue weighted by Crippen LogP contribution is 2.24. The summed E-state index contributed by atoms with van der Waals surface area (Å²) < 4.78 is 0. The fraction of sp³-hybridized carbons (Fsp3) is 0. The molecule has 1 N–H and O–H groups in total. The fourth-order valence-electron chi connectivity index (χ4n) is 1.38. The van der Waals surface area contributed by atoms with Crippen LogP contribution in [0.2, 0.25) is 10.3 Å². The van der Waals surface area contributed by atoms with Crippen molar-refractivity contribution in [3.63, 3.8) is 0 Å². The van der Waals surface area contributed by atoms with Crippen molar-refractivity contribution < 1.29 is 0 Å². The summed E-state index contributed by atoms with van der Waals surface area (Å²) in [4.78, 5) is 7.66. The lowest BCUT2D eigenvalue weighted by molar-refractivity contribution is 1.17. The normalized spacial score (nSPS) is 9.47. The molecule has 1 heterocycles. The van der Waals surface area contributed by atoms with Gasteiger partial charge in [-0.25, -0.2) is 4.98 Å². The standard InChI is InChI=1S/C12H5Cl2N5/c13-10-6-17-12(14)19-11(10)18-9-2-1-7(4-15)8(3-9)5-16/h1-3,6H,(H,17,18,19). The van der Waals surface area contributed by atoms with Crippen LogP contribution in [-0.4, -0.2) is 9.97 Å². The highest BCUT2D eigenvalue weighted by atomic mass is 35.5. The van der Waals surface area contributed by atoms with Crippen molar-refractivity contribution in [2.24, 2.45) is 0 Å². The lowest BCUT2D eigenvalue weighted by Crippen LogP contribution is -1.97. The summed E-state index contributed by atoms with van der Waals surface area (Å²) in [6, 6.07) is 8.60. The van der Waals surface area contributed by atoms with Crippen LogP contribution in [-0.2, 0) is 0 Å². The van der Waals surface area contributed by atoms with Gasteiger partial charge >= 0.3 is 0 Å². The molecule has 0 saturated carbocycles. The summed E-state index contributed by atoms with van der Waals surface area (Å²) in [6.07, 6.45) is 1.37. The second-order valence-corrected chi connectivity index (χ2v) is 4.19. The molecule has 1 aromatic carbocycles. The van der Waals surface area contributed by atoms with E-state index in [2.05, 4.69) is 15.3 Å². The first-order valence-corrected chi connectivity index (χ1v) is 5.79. The molecule has 0 amide bonds. The second-order valence-electron chi connectivity index (χ2n) is 3.44. The average molecular weight is 290 g/mol. The van der Waals surface area contributed by atoms with Gasteiger partial charge in [0, 0.05) is 5.69 Å². The Hall–Kier alpha value is -2.34. The Labute approximate surface area is 119 Å². The lowest BCUT2D eigenvalue weighted by Gasteiger charge is -2.07. The van der Waals surface area contributed by atoms with Gasteiger partial charge in [-0.1, -0.05) is 11.6 Å². The van der Waals surface area contributed by atoms with Crippen molar-refractivity contribution in [1.29, 1.82) is 10.5 Å². The Morgan fingerprint density at radius 1 is 1.11 bits per heavy atom. The molecule has 92 valence electrons. The SMILES string of the molecule is N#Cc1ccc(Nc2nc(Cl)ncc2Cl)cc1C#N. The van der Waals surface area contributed by atoms with Crippen molar-refractivity contribution in [3.05, 3.63) is 45.8 Å². The quantitative estimate of drug-likeness (QED) is 0.858. The van der Waals surface area contributed by atoms with Crippen LogP contribution in [0.15, 0.2) is 24.4 Å². The van der Waals surface area contributed by atoms with Gasteiger partial charge in [-0.3, -0.25) is 0 Å². The lowest BCUT2D eigenvalue weighted by atomic mass is 10.1. The van der Waals surface area contributed by atoms with E-state index < -0.39 is 0 Å². The van der Waals surface area contributed by atoms with Gasteiger partial charge in [-0.15, -0.1) is 0 Å². The van der Waals surface area contributed by atoms with E-state index in [0.29, 0.717) is 22.1 Å². The van der Waals surface area contributed by atoms with E-state index in [1.807, 2.05) is 12.1 Å². The van der Waals surface area contributed by atoms with Crippen molar-refractivity contribution in [2.75, 3.05) is 5.32 Å². The van der Waals surface area contributed by atoms with E-state index in [1.165, 1.54) is 18.3 Å². The Morgan fingerprint density at radius 2 is 1.84 bits per heavy atom. The van der Waals surface area contributed by atoms with E-state index in [4.69, 9.17) is 33.7 Å². The molecule has 2 aromatic rings. The molecule has 0 atom stereocenters. The maximum Gasteiger partial charge on any atom is 0.224 e. The molecule has 0 saturated heterocycles. The Morgan fingerprint density at radius 3 is 2.53 bits per heavy atom. The molecule has 0 spiro atoms. The van der Waals surface area contributed by atoms with Crippen LogP contribution >= 0.6 is 23.2 Å². The molecule has 0 unspecified atom stereocenters. The molecule has 0 fully saturated rings. The maximum absolute atomic E-state index is 8.94. The Balaban J connectivity index is 2.37. The molecular formula is C12H5Cl2N5. The smallest absolute Gasteiger partial charge is 0.224 e. The first kappa shape index (κ1) is 13.1. The van der Waals surface area contributed by atoms with E-state index >= 15 is 0 Å². The van der Waals surface area contributed by atoms with Gasteiger partial charge in [-0.2, -0.15) is 15.5 Å². The van der Waals surface area contributed by atoms with E-state index in [9.17, 15) is 0 Å². The van der Waals surface area contributed by atoms with Gasteiger partial charge in [0.15, 0.2) is 5.82 Å². The third-order valence-corrected chi connectivity index (χ3v) is 2.70. The van der Waals surface area contributed by atoms with Gasteiger partial charge in [0.25, 0.3) is 0 Å². The highest BCUT2D eigenvalue weighted by molar-refractivity contribution is 6.33. The second kappa shape index (κ2) is 5.53. The summed E-state index contributed by atoms with van der Waals surface area (Å²) >= 11 is 11.6. The molecule has 19 heavy (non-hydrogen) atoms. The third-order valence-electron chi connectivity index (χ3n) is 2.24. The molecule has 0 aliphatic heterocycles. The van der Waals surface area contributed by atoms with Gasteiger partial charge in [-0.05, 0) is 29.8 Å². The number of nitriles is 2. The molecule has 5 nitrogen and oxygen atoms in total. The zero-order valence-electron chi connectivity index (χ0n) is 9.35. The predicted molar refractivity (Wildman–Crippen MR) is 71.2 cm³/mol. The number of hydrogen-bond acceptors (Lipinski definition) is 5. The number of halogens is 2. The number of nitrogens with zero attached hydrogens (tertiary/aromatic N) is 4. The van der Waals surface area contributed by atoms with Crippen molar-refractivity contribution in [1.82, 2.24) is 9.97 Å². The van der Waals surface area contributed by atoms with E-state index in [0.717, 1.165) is 0 Å². The molecular weight excluding hydrogens is 285 g/mol. The monoisotopic (exact) mass is 289 g/mol. The van der Waals surface area contributed by atoms with E-state index in [1.54, 1.807) is 6.07 Å². The van der Waals surface area contributed by atoms with Crippen LogP contribution in [0.1, 0.15) is 11.1 Å². The zero-order chi connectivity index (χ0) is 13.8. The molecule has 0 aliphatic rings. The number of hydrogen-bond donors (Lipinski definition) is 1. The minimum atomic E-state index is 0.0565. The first-order valence-electron chi connectivity index (χ1n) is 5.03. The number of benzene rings is 1. The number of rotatable bonds is 2. The first-order chi connectivity index (χ1) is 9.13. The molecule has 1 aromatic heterocycles. The maximum atomic E-state index is 8.94. The summed E-state index contributed by atoms with van der Waals surface area (Å²) in [5.41, 5.74) is 1.15. The third kappa shape index (κ3) is 2.92. The molecule has 0 radical (unpaired) electrons. The Bertz CT molecular complexity index is 715. The van der Waals surface area contributed by atoms with Crippen LogP contribution in [0.5, 0.6) is 0 Å². The van der Waals surface area contributed by atoms with Crippen LogP contribution < -0.4 is 5.32 Å². The highest BCUT2D eigenvalue weighted by Gasteiger charge is 2.07. The van der Waals surface area contributed by atoms with Crippen LogP contribution in [0.4, 0.5) is 11.5 Å². The van der Waals surface area contributed by atoms with Gasteiger partial charge in [0.1, 0.15) is 17.2 Å². The Kier molecular flexibility index (Phi) is 3.82. The van der Waals surface area contributed by atoms with E-state index in [-0.39, 0.29) is 10.8 Å². The van der Waals surface area contributed by atoms with Crippen LogP contribution in [0.3, 0.4) is 0 Å². The van der Waals surface area contributed by atoms with Crippen LogP contribution in [0.25, 0.3) is 0 Å². The topological polar surface area (TPSA) is 85.4 Å².